The largest absolute Gasteiger partial charge is 0.496 e. The van der Waals surface area contributed by atoms with Crippen molar-refractivity contribution in [2.75, 3.05) is 20.3 Å². The fourth-order valence-corrected chi connectivity index (χ4v) is 4.21. The molecule has 0 unspecified atom stereocenters. The van der Waals surface area contributed by atoms with Crippen molar-refractivity contribution < 1.29 is 14.6 Å². The summed E-state index contributed by atoms with van der Waals surface area (Å²) in [4.78, 5) is 0. The fourth-order valence-electron chi connectivity index (χ4n) is 4.21. The quantitative estimate of drug-likeness (QED) is 0.777. The van der Waals surface area contributed by atoms with E-state index >= 15 is 0 Å². The van der Waals surface area contributed by atoms with E-state index in [0.717, 1.165) is 48.3 Å². The Hall–Kier alpha value is -2.04. The molecule has 2 atom stereocenters. The Morgan fingerprint density at radius 1 is 1.15 bits per heavy atom. The van der Waals surface area contributed by atoms with Crippen LogP contribution in [-0.2, 0) is 6.42 Å². The lowest BCUT2D eigenvalue weighted by Gasteiger charge is -2.21. The molecule has 0 aliphatic heterocycles. The van der Waals surface area contributed by atoms with Crippen molar-refractivity contribution in [1.29, 1.82) is 0 Å². The summed E-state index contributed by atoms with van der Waals surface area (Å²) >= 11 is 0. The zero-order valence-electron chi connectivity index (χ0n) is 16.6. The molecule has 3 N–H and O–H groups in total. The van der Waals surface area contributed by atoms with Crippen LogP contribution < -0.4 is 15.2 Å². The molecule has 146 valence electrons. The first-order chi connectivity index (χ1) is 12.9. The Labute approximate surface area is 162 Å². The number of nitrogens with two attached hydrogens (primary N) is 1. The van der Waals surface area contributed by atoms with Crippen LogP contribution in [0, 0.1) is 13.8 Å². The molecule has 2 aromatic rings. The summed E-state index contributed by atoms with van der Waals surface area (Å²) in [5.41, 5.74) is 10.6. The third kappa shape index (κ3) is 4.63. The highest BCUT2D eigenvalue weighted by Gasteiger charge is 2.35. The van der Waals surface area contributed by atoms with Gasteiger partial charge in [0.05, 0.1) is 20.3 Å². The average Bonchev–Trinajstić information content (AvgIpc) is 3.05. The van der Waals surface area contributed by atoms with Gasteiger partial charge in [0.15, 0.2) is 0 Å². The smallest absolute Gasteiger partial charge is 0.124 e. The van der Waals surface area contributed by atoms with Crippen LogP contribution in [0.15, 0.2) is 36.4 Å². The van der Waals surface area contributed by atoms with Crippen LogP contribution in [-0.4, -0.2) is 31.0 Å². The third-order valence-electron chi connectivity index (χ3n) is 5.69. The van der Waals surface area contributed by atoms with E-state index in [1.54, 1.807) is 7.11 Å². The first-order valence-corrected chi connectivity index (χ1v) is 9.71. The number of aliphatic hydroxyl groups is 1. The van der Waals surface area contributed by atoms with Crippen LogP contribution in [0.1, 0.15) is 47.4 Å². The lowest BCUT2D eigenvalue weighted by atomic mass is 9.94. The molecular weight excluding hydrogens is 338 g/mol. The minimum atomic E-state index is -0.408. The highest BCUT2D eigenvalue weighted by atomic mass is 16.5. The molecule has 0 aromatic heterocycles. The number of hydrogen-bond acceptors (Lipinski definition) is 4. The molecule has 0 spiro atoms. The number of benzene rings is 2. The summed E-state index contributed by atoms with van der Waals surface area (Å²) < 4.78 is 11.4. The Balaban J connectivity index is 1.54. The van der Waals surface area contributed by atoms with Crippen LogP contribution >= 0.6 is 0 Å². The van der Waals surface area contributed by atoms with Crippen molar-refractivity contribution in [2.45, 2.75) is 51.0 Å². The molecule has 4 nitrogen and oxygen atoms in total. The predicted molar refractivity (Wildman–Crippen MR) is 109 cm³/mol. The highest BCUT2D eigenvalue weighted by Crippen LogP contribution is 2.39. The van der Waals surface area contributed by atoms with Gasteiger partial charge in [-0.2, -0.15) is 0 Å². The van der Waals surface area contributed by atoms with Crippen molar-refractivity contribution in [3.8, 4) is 11.5 Å². The molecule has 1 aliphatic rings. The molecule has 0 amide bonds. The van der Waals surface area contributed by atoms with Gasteiger partial charge in [-0.25, -0.2) is 0 Å². The maximum atomic E-state index is 9.44. The number of aliphatic hydroxyl groups excluding tert-OH is 1. The van der Waals surface area contributed by atoms with E-state index in [-0.39, 0.29) is 6.61 Å². The normalized spacial score (nSPS) is 22.0. The second-order valence-corrected chi connectivity index (χ2v) is 7.89. The van der Waals surface area contributed by atoms with Gasteiger partial charge in [-0.15, -0.1) is 0 Å². The first kappa shape index (κ1) is 19.7. The van der Waals surface area contributed by atoms with Crippen molar-refractivity contribution in [3.63, 3.8) is 0 Å². The second kappa shape index (κ2) is 8.32. The summed E-state index contributed by atoms with van der Waals surface area (Å²) in [5.74, 6) is 2.28. The molecule has 0 heterocycles. The lowest BCUT2D eigenvalue weighted by molar-refractivity contribution is 0.198. The van der Waals surface area contributed by atoms with Gasteiger partial charge in [0.2, 0.25) is 0 Å². The highest BCUT2D eigenvalue weighted by molar-refractivity contribution is 5.43. The molecule has 0 radical (unpaired) electrons. The number of rotatable bonds is 7. The topological polar surface area (TPSA) is 64.7 Å². The van der Waals surface area contributed by atoms with E-state index in [1.165, 1.54) is 11.1 Å². The standard InChI is InChI=1S/C23H31NO3/c1-16-12-18(13-17(2)22(16)26-3)9-11-27-21-6-4-19(5-7-21)20-8-10-23(24,14-20)15-25/h4-7,12-13,20,25H,8-11,14-15,24H2,1-3H3/t20-,23+/m1/s1. The van der Waals surface area contributed by atoms with Crippen LogP contribution in [0.25, 0.3) is 0 Å². The van der Waals surface area contributed by atoms with Gasteiger partial charge in [-0.1, -0.05) is 24.3 Å². The number of ether oxygens (including phenoxy) is 2. The van der Waals surface area contributed by atoms with Crippen LogP contribution in [0.2, 0.25) is 0 Å². The zero-order valence-corrected chi connectivity index (χ0v) is 16.6. The Kier molecular flexibility index (Phi) is 6.08. The second-order valence-electron chi connectivity index (χ2n) is 7.89. The summed E-state index contributed by atoms with van der Waals surface area (Å²) in [5, 5.41) is 9.44. The maximum Gasteiger partial charge on any atom is 0.124 e. The van der Waals surface area contributed by atoms with E-state index in [4.69, 9.17) is 15.2 Å². The van der Waals surface area contributed by atoms with E-state index in [1.807, 2.05) is 12.1 Å². The molecule has 3 rings (SSSR count). The Morgan fingerprint density at radius 3 is 2.37 bits per heavy atom. The first-order valence-electron chi connectivity index (χ1n) is 9.71. The van der Waals surface area contributed by atoms with Crippen molar-refractivity contribution >= 4 is 0 Å². The summed E-state index contributed by atoms with van der Waals surface area (Å²) in [7, 11) is 1.71. The molecular formula is C23H31NO3. The monoisotopic (exact) mass is 369 g/mol. The summed E-state index contributed by atoms with van der Waals surface area (Å²) in [6, 6.07) is 12.7. The number of aryl methyl sites for hydroxylation is 2. The third-order valence-corrected chi connectivity index (χ3v) is 5.69. The summed E-state index contributed by atoms with van der Waals surface area (Å²) in [6.45, 7) is 4.86. The SMILES string of the molecule is COc1c(C)cc(CCOc2ccc([C@@H]3CC[C@@](N)(CO)C3)cc2)cc1C. The zero-order chi connectivity index (χ0) is 19.4. The minimum Gasteiger partial charge on any atom is -0.496 e. The maximum absolute atomic E-state index is 9.44. The van der Waals surface area contributed by atoms with Gasteiger partial charge in [0, 0.05) is 12.0 Å². The number of hydrogen-bond donors (Lipinski definition) is 2. The van der Waals surface area contributed by atoms with E-state index in [2.05, 4.69) is 38.1 Å². The van der Waals surface area contributed by atoms with Gasteiger partial charge in [0.1, 0.15) is 11.5 Å². The van der Waals surface area contributed by atoms with E-state index < -0.39 is 5.54 Å². The molecule has 27 heavy (non-hydrogen) atoms. The van der Waals surface area contributed by atoms with Crippen LogP contribution in [0.3, 0.4) is 0 Å². The minimum absolute atomic E-state index is 0.0645. The van der Waals surface area contributed by atoms with E-state index in [0.29, 0.717) is 12.5 Å². The van der Waals surface area contributed by atoms with Crippen LogP contribution in [0.4, 0.5) is 0 Å². The molecule has 1 fully saturated rings. The Bertz CT molecular complexity index is 749. The fraction of sp³-hybridized carbons (Fsp3) is 0.478. The van der Waals surface area contributed by atoms with Crippen molar-refractivity contribution in [3.05, 3.63) is 58.7 Å². The molecule has 1 aliphatic carbocycles. The van der Waals surface area contributed by atoms with Crippen LogP contribution in [0.5, 0.6) is 11.5 Å². The predicted octanol–water partition coefficient (Wildman–Crippen LogP) is 3.89. The summed E-state index contributed by atoms with van der Waals surface area (Å²) in [6.07, 6.45) is 3.63. The lowest BCUT2D eigenvalue weighted by Crippen LogP contribution is -2.40. The molecule has 1 saturated carbocycles. The van der Waals surface area contributed by atoms with Gasteiger partial charge < -0.3 is 20.3 Å². The van der Waals surface area contributed by atoms with Gasteiger partial charge >= 0.3 is 0 Å². The van der Waals surface area contributed by atoms with Gasteiger partial charge in [0.25, 0.3) is 0 Å². The van der Waals surface area contributed by atoms with Gasteiger partial charge in [-0.3, -0.25) is 0 Å². The van der Waals surface area contributed by atoms with Crippen molar-refractivity contribution in [1.82, 2.24) is 0 Å². The molecule has 4 heteroatoms. The Morgan fingerprint density at radius 2 is 1.81 bits per heavy atom. The number of methoxy groups -OCH3 is 1. The molecule has 0 saturated heterocycles. The molecule has 0 bridgehead atoms. The molecule has 2 aromatic carbocycles. The average molecular weight is 370 g/mol. The van der Waals surface area contributed by atoms with Gasteiger partial charge in [-0.05, 0) is 73.4 Å². The van der Waals surface area contributed by atoms with Crippen molar-refractivity contribution in [2.24, 2.45) is 5.73 Å². The van der Waals surface area contributed by atoms with E-state index in [9.17, 15) is 5.11 Å².